The maximum Gasteiger partial charge on any atom is 0.269 e. The molecule has 2 aromatic carbocycles. The summed E-state index contributed by atoms with van der Waals surface area (Å²) in [6.45, 7) is 3.58. The van der Waals surface area contributed by atoms with Gasteiger partial charge in [0.1, 0.15) is 5.75 Å². The molecule has 4 N–H and O–H groups in total. The first-order valence-electron chi connectivity index (χ1n) is 9.43. The third-order valence-corrected chi connectivity index (χ3v) is 4.21. The van der Waals surface area contributed by atoms with Gasteiger partial charge < -0.3 is 10.1 Å². The second-order valence-corrected chi connectivity index (χ2v) is 7.13. The minimum atomic E-state index is -0.452. The fraction of sp³-hybridized carbons (Fsp3) is 0.182. The van der Waals surface area contributed by atoms with Crippen LogP contribution in [0.15, 0.2) is 54.6 Å². The molecule has 162 valence electrons. The number of thiocarbonyl (C=S) groups is 1. The van der Waals surface area contributed by atoms with E-state index in [0.717, 1.165) is 11.3 Å². The summed E-state index contributed by atoms with van der Waals surface area (Å²) >= 11 is 5.00. The zero-order chi connectivity index (χ0) is 22.8. The molecule has 0 fully saturated rings. The summed E-state index contributed by atoms with van der Waals surface area (Å²) in [5, 5.41) is 5.11. The smallest absolute Gasteiger partial charge is 0.269 e. The molecule has 0 bridgehead atoms. The average Bonchev–Trinajstić information content (AvgIpc) is 2.76. The van der Waals surface area contributed by atoms with E-state index < -0.39 is 11.8 Å². The molecular formula is C22H24N4O4S. The van der Waals surface area contributed by atoms with Gasteiger partial charge in [-0.15, -0.1) is 0 Å². The van der Waals surface area contributed by atoms with Gasteiger partial charge in [0.2, 0.25) is 11.8 Å². The maximum atomic E-state index is 12.2. The van der Waals surface area contributed by atoms with Crippen LogP contribution in [0.25, 0.3) is 6.08 Å². The Kier molecular flexibility index (Phi) is 8.71. The highest BCUT2D eigenvalue weighted by Gasteiger charge is 2.09. The fourth-order valence-electron chi connectivity index (χ4n) is 2.25. The van der Waals surface area contributed by atoms with Gasteiger partial charge in [-0.25, -0.2) is 0 Å². The van der Waals surface area contributed by atoms with Crippen molar-refractivity contribution in [1.82, 2.24) is 16.2 Å². The second kappa shape index (κ2) is 11.5. The van der Waals surface area contributed by atoms with Crippen LogP contribution in [-0.4, -0.2) is 29.9 Å². The number of hydrogen-bond acceptors (Lipinski definition) is 5. The van der Waals surface area contributed by atoms with E-state index in [-0.39, 0.29) is 16.9 Å². The number of hydrogen-bond donors (Lipinski definition) is 4. The molecule has 0 radical (unpaired) electrons. The Balaban J connectivity index is 1.79. The lowest BCUT2D eigenvalue weighted by atomic mass is 10.1. The van der Waals surface area contributed by atoms with Crippen LogP contribution in [0, 0.1) is 5.92 Å². The zero-order valence-electron chi connectivity index (χ0n) is 17.4. The van der Waals surface area contributed by atoms with Crippen molar-refractivity contribution in [3.8, 4) is 5.75 Å². The molecule has 2 aromatic rings. The van der Waals surface area contributed by atoms with Crippen molar-refractivity contribution >= 4 is 46.8 Å². The summed E-state index contributed by atoms with van der Waals surface area (Å²) in [4.78, 5) is 35.8. The molecule has 0 heterocycles. The Morgan fingerprint density at radius 1 is 0.968 bits per heavy atom. The summed E-state index contributed by atoms with van der Waals surface area (Å²) in [5.41, 5.74) is 6.62. The molecule has 0 aliphatic carbocycles. The quantitative estimate of drug-likeness (QED) is 0.312. The van der Waals surface area contributed by atoms with E-state index in [4.69, 9.17) is 17.0 Å². The second-order valence-electron chi connectivity index (χ2n) is 6.73. The Labute approximate surface area is 186 Å². The number of ether oxygens (including phenoxy) is 1. The van der Waals surface area contributed by atoms with E-state index in [0.29, 0.717) is 11.3 Å². The molecule has 8 nitrogen and oxygen atoms in total. The predicted octanol–water partition coefficient (Wildman–Crippen LogP) is 2.64. The molecule has 0 saturated carbocycles. The number of amides is 3. The number of rotatable bonds is 6. The third-order valence-electron chi connectivity index (χ3n) is 4.01. The van der Waals surface area contributed by atoms with Gasteiger partial charge in [-0.1, -0.05) is 26.0 Å². The Bertz CT molecular complexity index is 970. The molecular weight excluding hydrogens is 416 g/mol. The van der Waals surface area contributed by atoms with Crippen LogP contribution >= 0.6 is 12.2 Å². The predicted molar refractivity (Wildman–Crippen MR) is 123 cm³/mol. The van der Waals surface area contributed by atoms with Crippen molar-refractivity contribution in [3.63, 3.8) is 0 Å². The normalized spacial score (nSPS) is 10.5. The van der Waals surface area contributed by atoms with Gasteiger partial charge in [0.05, 0.1) is 7.11 Å². The van der Waals surface area contributed by atoms with Gasteiger partial charge in [-0.05, 0) is 60.3 Å². The summed E-state index contributed by atoms with van der Waals surface area (Å²) in [7, 11) is 1.58. The largest absolute Gasteiger partial charge is 0.497 e. The molecule has 0 aromatic heterocycles. The van der Waals surface area contributed by atoms with E-state index >= 15 is 0 Å². The summed E-state index contributed by atoms with van der Waals surface area (Å²) in [5.74, 6) is -0.437. The minimum absolute atomic E-state index is 0.0569. The Morgan fingerprint density at radius 3 is 2.19 bits per heavy atom. The van der Waals surface area contributed by atoms with E-state index in [2.05, 4.69) is 21.5 Å². The number of carbonyl (C=O) groups excluding carboxylic acids is 3. The lowest BCUT2D eigenvalue weighted by molar-refractivity contribution is -0.119. The highest BCUT2D eigenvalue weighted by Crippen LogP contribution is 2.12. The number of methoxy groups -OCH3 is 1. The van der Waals surface area contributed by atoms with Crippen LogP contribution < -0.4 is 26.2 Å². The molecule has 0 aliphatic rings. The van der Waals surface area contributed by atoms with Crippen LogP contribution in [0.5, 0.6) is 5.75 Å². The Morgan fingerprint density at radius 2 is 1.61 bits per heavy atom. The highest BCUT2D eigenvalue weighted by atomic mass is 32.1. The molecule has 0 aliphatic heterocycles. The molecule has 0 atom stereocenters. The van der Waals surface area contributed by atoms with Crippen LogP contribution in [0.2, 0.25) is 0 Å². The average molecular weight is 441 g/mol. The van der Waals surface area contributed by atoms with Crippen molar-refractivity contribution in [3.05, 3.63) is 65.7 Å². The lowest BCUT2D eigenvalue weighted by Gasteiger charge is -2.11. The zero-order valence-corrected chi connectivity index (χ0v) is 18.2. The number of benzene rings is 2. The number of anilines is 1. The van der Waals surface area contributed by atoms with E-state index in [1.807, 2.05) is 0 Å². The van der Waals surface area contributed by atoms with Gasteiger partial charge in [0.15, 0.2) is 5.11 Å². The maximum absolute atomic E-state index is 12.2. The van der Waals surface area contributed by atoms with Crippen molar-refractivity contribution in [2.75, 3.05) is 12.4 Å². The number of nitrogens with one attached hydrogen (secondary N) is 4. The van der Waals surface area contributed by atoms with Gasteiger partial charge >= 0.3 is 0 Å². The molecule has 0 unspecified atom stereocenters. The molecule has 2 rings (SSSR count). The van der Waals surface area contributed by atoms with Crippen molar-refractivity contribution in [2.24, 2.45) is 5.92 Å². The molecule has 9 heteroatoms. The standard InChI is InChI=1S/C22H24N4O4S/c1-14(2)20(28)23-17-9-7-16(8-10-17)21(29)25-26-22(31)24-19(27)13-6-15-4-11-18(30-3)12-5-15/h4-14H,1-3H3,(H,23,28)(H,25,29)(H2,24,26,27,31)/b13-6+. The topological polar surface area (TPSA) is 109 Å². The first-order valence-corrected chi connectivity index (χ1v) is 9.83. The Hall–Kier alpha value is -3.72. The van der Waals surface area contributed by atoms with Crippen LogP contribution in [-0.2, 0) is 9.59 Å². The first-order chi connectivity index (χ1) is 14.8. The third kappa shape index (κ3) is 7.90. The SMILES string of the molecule is COc1ccc(/C=C/C(=O)NC(=S)NNC(=O)c2ccc(NC(=O)C(C)C)cc2)cc1. The first kappa shape index (κ1) is 23.6. The van der Waals surface area contributed by atoms with Crippen molar-refractivity contribution in [2.45, 2.75) is 13.8 Å². The van der Waals surface area contributed by atoms with Crippen LogP contribution in [0.3, 0.4) is 0 Å². The van der Waals surface area contributed by atoms with Gasteiger partial charge in [-0.2, -0.15) is 0 Å². The van der Waals surface area contributed by atoms with Crippen molar-refractivity contribution < 1.29 is 19.1 Å². The summed E-state index contributed by atoms with van der Waals surface area (Å²) in [6.07, 6.45) is 2.94. The van der Waals surface area contributed by atoms with E-state index in [1.54, 1.807) is 75.6 Å². The van der Waals surface area contributed by atoms with Crippen molar-refractivity contribution in [1.29, 1.82) is 0 Å². The van der Waals surface area contributed by atoms with Crippen LogP contribution in [0.1, 0.15) is 29.8 Å². The van der Waals surface area contributed by atoms with Gasteiger partial charge in [-0.3, -0.25) is 30.6 Å². The lowest BCUT2D eigenvalue weighted by Crippen LogP contribution is -2.48. The molecule has 0 spiro atoms. The number of hydrazine groups is 1. The van der Waals surface area contributed by atoms with Gasteiger partial charge in [0.25, 0.3) is 5.91 Å². The fourth-order valence-corrected chi connectivity index (χ4v) is 2.40. The summed E-state index contributed by atoms with van der Waals surface area (Å²) < 4.78 is 5.08. The van der Waals surface area contributed by atoms with Crippen LogP contribution in [0.4, 0.5) is 5.69 Å². The molecule has 0 saturated heterocycles. The minimum Gasteiger partial charge on any atom is -0.497 e. The number of carbonyl (C=O) groups is 3. The monoisotopic (exact) mass is 440 g/mol. The summed E-state index contributed by atoms with van der Waals surface area (Å²) in [6, 6.07) is 13.5. The van der Waals surface area contributed by atoms with Gasteiger partial charge in [0, 0.05) is 23.2 Å². The van der Waals surface area contributed by atoms with E-state index in [9.17, 15) is 14.4 Å². The van der Waals surface area contributed by atoms with E-state index in [1.165, 1.54) is 6.08 Å². The molecule has 3 amide bonds. The highest BCUT2D eigenvalue weighted by molar-refractivity contribution is 7.80. The molecule has 31 heavy (non-hydrogen) atoms.